The Morgan fingerprint density at radius 1 is 1.04 bits per heavy atom. The van der Waals surface area contributed by atoms with Gasteiger partial charge in [0, 0.05) is 6.21 Å². The molecular weight excluding hydrogens is 375 g/mol. The SMILES string of the molecule is O=C1NC(=O)N(c2cccc(C(F)(F)F)c2)C(=O)[C@@H]1C=NCc1ccccc1. The Morgan fingerprint density at radius 3 is 2.43 bits per heavy atom. The molecule has 144 valence electrons. The fourth-order valence-corrected chi connectivity index (χ4v) is 2.63. The van der Waals surface area contributed by atoms with Crippen molar-refractivity contribution in [2.24, 2.45) is 10.9 Å². The minimum absolute atomic E-state index is 0.204. The lowest BCUT2D eigenvalue weighted by Crippen LogP contribution is -2.58. The Balaban J connectivity index is 1.84. The third kappa shape index (κ3) is 4.08. The Kier molecular flexibility index (Phi) is 5.25. The number of hydrogen-bond donors (Lipinski definition) is 1. The zero-order valence-corrected chi connectivity index (χ0v) is 14.3. The average Bonchev–Trinajstić information content (AvgIpc) is 2.64. The van der Waals surface area contributed by atoms with Crippen LogP contribution in [0.15, 0.2) is 59.6 Å². The Bertz CT molecular complexity index is 942. The Labute approximate surface area is 157 Å². The molecular formula is C19H14F3N3O3. The van der Waals surface area contributed by atoms with Crippen molar-refractivity contribution in [3.05, 3.63) is 65.7 Å². The highest BCUT2D eigenvalue weighted by molar-refractivity contribution is 6.32. The van der Waals surface area contributed by atoms with Gasteiger partial charge in [0.1, 0.15) is 0 Å². The van der Waals surface area contributed by atoms with E-state index in [1.807, 2.05) is 11.4 Å². The highest BCUT2D eigenvalue weighted by Crippen LogP contribution is 2.32. The van der Waals surface area contributed by atoms with Gasteiger partial charge in [0.2, 0.25) is 5.91 Å². The van der Waals surface area contributed by atoms with Crippen LogP contribution in [-0.4, -0.2) is 24.1 Å². The molecule has 1 heterocycles. The summed E-state index contributed by atoms with van der Waals surface area (Å²) in [6, 6.07) is 11.7. The van der Waals surface area contributed by atoms with Crippen LogP contribution in [0.3, 0.4) is 0 Å². The smallest absolute Gasteiger partial charge is 0.291 e. The minimum atomic E-state index is -4.64. The quantitative estimate of drug-likeness (QED) is 0.644. The summed E-state index contributed by atoms with van der Waals surface area (Å²) < 4.78 is 38.7. The summed E-state index contributed by atoms with van der Waals surface area (Å²) in [5.41, 5.74) is -0.462. The Hall–Kier alpha value is -3.49. The second-order valence-corrected chi connectivity index (χ2v) is 5.97. The van der Waals surface area contributed by atoms with Gasteiger partial charge in [-0.05, 0) is 23.8 Å². The highest BCUT2D eigenvalue weighted by Gasteiger charge is 2.41. The van der Waals surface area contributed by atoms with Crippen molar-refractivity contribution in [1.29, 1.82) is 0 Å². The van der Waals surface area contributed by atoms with Crippen molar-refractivity contribution in [2.45, 2.75) is 12.7 Å². The van der Waals surface area contributed by atoms with Crippen LogP contribution < -0.4 is 10.2 Å². The first-order valence-corrected chi connectivity index (χ1v) is 8.17. The molecule has 2 aromatic rings. The van der Waals surface area contributed by atoms with Crippen LogP contribution in [0.5, 0.6) is 0 Å². The molecule has 1 fully saturated rings. The number of urea groups is 1. The fraction of sp³-hybridized carbons (Fsp3) is 0.158. The fourth-order valence-electron chi connectivity index (χ4n) is 2.63. The van der Waals surface area contributed by atoms with Crippen molar-refractivity contribution >= 4 is 29.7 Å². The van der Waals surface area contributed by atoms with Gasteiger partial charge in [-0.2, -0.15) is 13.2 Å². The summed E-state index contributed by atoms with van der Waals surface area (Å²) in [5, 5.41) is 1.97. The van der Waals surface area contributed by atoms with Crippen molar-refractivity contribution in [3.63, 3.8) is 0 Å². The van der Waals surface area contributed by atoms with Gasteiger partial charge in [-0.25, -0.2) is 9.69 Å². The van der Waals surface area contributed by atoms with Crippen molar-refractivity contribution < 1.29 is 27.6 Å². The van der Waals surface area contributed by atoms with Gasteiger partial charge in [-0.1, -0.05) is 36.4 Å². The van der Waals surface area contributed by atoms with Crippen LogP contribution in [0.4, 0.5) is 23.7 Å². The molecule has 0 radical (unpaired) electrons. The van der Waals surface area contributed by atoms with Crippen LogP contribution in [0.1, 0.15) is 11.1 Å². The van der Waals surface area contributed by atoms with Gasteiger partial charge in [0.05, 0.1) is 17.8 Å². The second-order valence-electron chi connectivity index (χ2n) is 5.97. The van der Waals surface area contributed by atoms with E-state index in [1.165, 1.54) is 6.07 Å². The number of barbiturate groups is 1. The normalized spacial score (nSPS) is 17.9. The number of rotatable bonds is 4. The molecule has 0 aliphatic carbocycles. The van der Waals surface area contributed by atoms with E-state index < -0.39 is 35.5 Å². The summed E-state index contributed by atoms with van der Waals surface area (Å²) in [6.45, 7) is 0.204. The first-order chi connectivity index (χ1) is 13.3. The van der Waals surface area contributed by atoms with E-state index in [0.717, 1.165) is 23.9 Å². The molecule has 0 aromatic heterocycles. The average molecular weight is 389 g/mol. The number of aliphatic imine (C=N–C) groups is 1. The topological polar surface area (TPSA) is 78.8 Å². The zero-order valence-electron chi connectivity index (χ0n) is 14.3. The predicted octanol–water partition coefficient (Wildman–Crippen LogP) is 3.18. The lowest BCUT2D eigenvalue weighted by Gasteiger charge is -2.28. The molecule has 0 spiro atoms. The molecule has 28 heavy (non-hydrogen) atoms. The molecule has 1 aliphatic heterocycles. The van der Waals surface area contributed by atoms with E-state index in [9.17, 15) is 27.6 Å². The molecule has 1 saturated heterocycles. The lowest BCUT2D eigenvalue weighted by molar-refractivity contribution is -0.138. The van der Waals surface area contributed by atoms with E-state index in [0.29, 0.717) is 11.0 Å². The van der Waals surface area contributed by atoms with Gasteiger partial charge < -0.3 is 0 Å². The van der Waals surface area contributed by atoms with Crippen molar-refractivity contribution in [1.82, 2.24) is 5.32 Å². The van der Waals surface area contributed by atoms with E-state index in [2.05, 4.69) is 4.99 Å². The molecule has 1 atom stereocenters. The van der Waals surface area contributed by atoms with Gasteiger partial charge in [-0.15, -0.1) is 0 Å². The number of hydrogen-bond acceptors (Lipinski definition) is 4. The number of carbonyl (C=O) groups excluding carboxylic acids is 3. The second kappa shape index (κ2) is 7.63. The monoisotopic (exact) mass is 389 g/mol. The summed E-state index contributed by atoms with van der Waals surface area (Å²) in [7, 11) is 0. The van der Waals surface area contributed by atoms with Crippen LogP contribution in [-0.2, 0) is 22.3 Å². The summed E-state index contributed by atoms with van der Waals surface area (Å²) in [6.07, 6.45) is -3.55. The first-order valence-electron chi connectivity index (χ1n) is 8.17. The number of alkyl halides is 3. The largest absolute Gasteiger partial charge is 0.416 e. The third-order valence-electron chi connectivity index (χ3n) is 4.00. The third-order valence-corrected chi connectivity index (χ3v) is 4.00. The van der Waals surface area contributed by atoms with Crippen LogP contribution in [0.25, 0.3) is 0 Å². The number of halogens is 3. The molecule has 2 aromatic carbocycles. The van der Waals surface area contributed by atoms with Gasteiger partial charge in [0.15, 0.2) is 5.92 Å². The van der Waals surface area contributed by atoms with Crippen molar-refractivity contribution in [2.75, 3.05) is 4.90 Å². The molecule has 1 aliphatic rings. The molecule has 6 nitrogen and oxygen atoms in total. The van der Waals surface area contributed by atoms with Crippen LogP contribution in [0, 0.1) is 5.92 Å². The number of imide groups is 2. The number of nitrogens with zero attached hydrogens (tertiary/aromatic N) is 2. The maximum absolute atomic E-state index is 12.9. The van der Waals surface area contributed by atoms with E-state index in [4.69, 9.17) is 0 Å². The van der Waals surface area contributed by atoms with E-state index >= 15 is 0 Å². The number of amides is 4. The molecule has 1 N–H and O–H groups in total. The standard InChI is InChI=1S/C19H14F3N3O3/c20-19(21,22)13-7-4-8-14(9-13)25-17(27)15(16(26)24-18(25)28)11-23-10-12-5-2-1-3-6-12/h1-9,11,15H,10H2,(H,24,26,28)/t15-/m1/s1. The maximum Gasteiger partial charge on any atom is 0.416 e. The highest BCUT2D eigenvalue weighted by atomic mass is 19.4. The number of anilines is 1. The number of carbonyl (C=O) groups is 3. The van der Waals surface area contributed by atoms with E-state index in [1.54, 1.807) is 24.3 Å². The minimum Gasteiger partial charge on any atom is -0.291 e. The van der Waals surface area contributed by atoms with Crippen molar-refractivity contribution in [3.8, 4) is 0 Å². The van der Waals surface area contributed by atoms with Gasteiger partial charge >= 0.3 is 12.2 Å². The van der Waals surface area contributed by atoms with Crippen LogP contribution >= 0.6 is 0 Å². The van der Waals surface area contributed by atoms with Gasteiger partial charge in [0.25, 0.3) is 5.91 Å². The molecule has 0 saturated carbocycles. The zero-order chi connectivity index (χ0) is 20.3. The molecule has 0 bridgehead atoms. The summed E-state index contributed by atoms with van der Waals surface area (Å²) in [4.78, 5) is 41.3. The van der Waals surface area contributed by atoms with Crippen LogP contribution in [0.2, 0.25) is 0 Å². The molecule has 4 amide bonds. The molecule has 0 unspecified atom stereocenters. The number of nitrogens with one attached hydrogen (secondary N) is 1. The Morgan fingerprint density at radius 2 is 1.75 bits per heavy atom. The predicted molar refractivity (Wildman–Crippen MR) is 94.6 cm³/mol. The maximum atomic E-state index is 12.9. The summed E-state index contributed by atoms with van der Waals surface area (Å²) in [5.74, 6) is -3.27. The van der Waals surface area contributed by atoms with Gasteiger partial charge in [-0.3, -0.25) is 19.9 Å². The number of benzene rings is 2. The molecule has 9 heteroatoms. The first kappa shape index (κ1) is 19.3. The lowest BCUT2D eigenvalue weighted by atomic mass is 10.1. The molecule has 3 rings (SSSR count). The summed E-state index contributed by atoms with van der Waals surface area (Å²) >= 11 is 0. The van der Waals surface area contributed by atoms with E-state index in [-0.39, 0.29) is 12.2 Å².